The second-order valence-corrected chi connectivity index (χ2v) is 6.44. The number of carboxylic acids is 1. The minimum Gasteiger partial charge on any atom is -0.480 e. The van der Waals surface area contributed by atoms with E-state index in [1.54, 1.807) is 17.9 Å². The van der Waals surface area contributed by atoms with Crippen LogP contribution in [0, 0.1) is 5.41 Å². The van der Waals surface area contributed by atoms with Crippen LogP contribution in [0.5, 0.6) is 0 Å². The molecule has 3 rings (SSSR count). The molecule has 0 unspecified atom stereocenters. The van der Waals surface area contributed by atoms with Crippen LogP contribution in [0.3, 0.4) is 0 Å². The number of carbonyl (C=O) groups is 2. The summed E-state index contributed by atoms with van der Waals surface area (Å²) in [6.07, 6.45) is 5.37. The van der Waals surface area contributed by atoms with E-state index in [1.807, 2.05) is 24.3 Å². The van der Waals surface area contributed by atoms with Crippen molar-refractivity contribution in [2.24, 2.45) is 5.41 Å². The standard InChI is InChI=1S/C18H22N2O4/c1-24-10-8-18(6-2-7-18)17(23)19-14-3-4-15-13(11-14)5-9-20(15)12-16(21)22/h3-5,9,11H,2,6-8,10,12H2,1H3,(H,19,23)(H,21,22). The lowest BCUT2D eigenvalue weighted by atomic mass is 9.66. The van der Waals surface area contributed by atoms with Crippen molar-refractivity contribution in [1.29, 1.82) is 0 Å². The van der Waals surface area contributed by atoms with Crippen molar-refractivity contribution >= 4 is 28.5 Å². The molecule has 1 fully saturated rings. The highest BCUT2D eigenvalue weighted by Crippen LogP contribution is 2.44. The van der Waals surface area contributed by atoms with Crippen LogP contribution in [-0.2, 0) is 20.9 Å². The van der Waals surface area contributed by atoms with Gasteiger partial charge in [0.25, 0.3) is 0 Å². The number of nitrogens with one attached hydrogen (secondary N) is 1. The molecule has 1 aromatic heterocycles. The number of ether oxygens (including phenoxy) is 1. The number of nitrogens with zero attached hydrogens (tertiary/aromatic N) is 1. The summed E-state index contributed by atoms with van der Waals surface area (Å²) >= 11 is 0. The van der Waals surface area contributed by atoms with E-state index in [-0.39, 0.29) is 17.9 Å². The van der Waals surface area contributed by atoms with Gasteiger partial charge in [-0.15, -0.1) is 0 Å². The number of rotatable bonds is 7. The van der Waals surface area contributed by atoms with Crippen LogP contribution in [-0.4, -0.2) is 35.3 Å². The number of aromatic nitrogens is 1. The molecule has 0 bridgehead atoms. The number of hydrogen-bond donors (Lipinski definition) is 2. The van der Waals surface area contributed by atoms with Crippen molar-refractivity contribution in [3.63, 3.8) is 0 Å². The van der Waals surface area contributed by atoms with Gasteiger partial charge in [-0.1, -0.05) is 6.42 Å². The van der Waals surface area contributed by atoms with Gasteiger partial charge >= 0.3 is 5.97 Å². The molecule has 2 aromatic rings. The number of fused-ring (bicyclic) bond motifs is 1. The predicted molar refractivity (Wildman–Crippen MR) is 91.0 cm³/mol. The van der Waals surface area contributed by atoms with E-state index in [1.165, 1.54) is 0 Å². The number of benzene rings is 1. The molecule has 1 aliphatic rings. The summed E-state index contributed by atoms with van der Waals surface area (Å²) in [5, 5.41) is 12.9. The van der Waals surface area contributed by atoms with Crippen LogP contribution in [0.2, 0.25) is 0 Å². The van der Waals surface area contributed by atoms with E-state index in [2.05, 4.69) is 5.32 Å². The van der Waals surface area contributed by atoms with Gasteiger partial charge in [-0.05, 0) is 43.5 Å². The third kappa shape index (κ3) is 3.14. The number of methoxy groups -OCH3 is 1. The molecule has 0 aliphatic heterocycles. The monoisotopic (exact) mass is 330 g/mol. The van der Waals surface area contributed by atoms with Crippen molar-refractivity contribution in [3.05, 3.63) is 30.5 Å². The summed E-state index contributed by atoms with van der Waals surface area (Å²) in [5.41, 5.74) is 1.28. The minimum atomic E-state index is -0.880. The first-order valence-electron chi connectivity index (χ1n) is 8.15. The summed E-state index contributed by atoms with van der Waals surface area (Å²) in [4.78, 5) is 23.5. The van der Waals surface area contributed by atoms with Crippen LogP contribution in [0.4, 0.5) is 5.69 Å². The Balaban J connectivity index is 1.75. The second-order valence-electron chi connectivity index (χ2n) is 6.44. The fourth-order valence-corrected chi connectivity index (χ4v) is 3.32. The Labute approximate surface area is 140 Å². The van der Waals surface area contributed by atoms with E-state index >= 15 is 0 Å². The highest BCUT2D eigenvalue weighted by Gasteiger charge is 2.43. The summed E-state index contributed by atoms with van der Waals surface area (Å²) < 4.78 is 6.81. The molecule has 128 valence electrons. The molecule has 1 amide bonds. The molecule has 1 aromatic carbocycles. The molecule has 2 N–H and O–H groups in total. The Bertz CT molecular complexity index is 761. The maximum absolute atomic E-state index is 12.7. The molecule has 6 nitrogen and oxygen atoms in total. The van der Waals surface area contributed by atoms with Crippen molar-refractivity contribution in [2.75, 3.05) is 19.0 Å². The quantitative estimate of drug-likeness (QED) is 0.818. The number of carbonyl (C=O) groups excluding carboxylic acids is 1. The van der Waals surface area contributed by atoms with Crippen molar-refractivity contribution < 1.29 is 19.4 Å². The van der Waals surface area contributed by atoms with E-state index < -0.39 is 5.97 Å². The van der Waals surface area contributed by atoms with Gasteiger partial charge in [-0.2, -0.15) is 0 Å². The van der Waals surface area contributed by atoms with Gasteiger partial charge in [0, 0.05) is 36.5 Å². The number of anilines is 1. The van der Waals surface area contributed by atoms with Gasteiger partial charge in [0.05, 0.1) is 5.41 Å². The maximum atomic E-state index is 12.7. The first-order chi connectivity index (χ1) is 11.5. The Kier molecular flexibility index (Phi) is 4.57. The van der Waals surface area contributed by atoms with Crippen LogP contribution >= 0.6 is 0 Å². The van der Waals surface area contributed by atoms with Crippen LogP contribution < -0.4 is 5.32 Å². The molecule has 1 heterocycles. The summed E-state index contributed by atoms with van der Waals surface area (Å²) in [6, 6.07) is 7.41. The molecule has 0 spiro atoms. The normalized spacial score (nSPS) is 15.9. The smallest absolute Gasteiger partial charge is 0.323 e. The highest BCUT2D eigenvalue weighted by atomic mass is 16.5. The van der Waals surface area contributed by atoms with E-state index in [4.69, 9.17) is 9.84 Å². The molecule has 24 heavy (non-hydrogen) atoms. The topological polar surface area (TPSA) is 80.6 Å². The number of hydrogen-bond acceptors (Lipinski definition) is 3. The van der Waals surface area contributed by atoms with Crippen molar-refractivity contribution in [3.8, 4) is 0 Å². The number of carboxylic acid groups (broad SMARTS) is 1. The zero-order chi connectivity index (χ0) is 17.2. The highest BCUT2D eigenvalue weighted by molar-refractivity contribution is 5.98. The molecular weight excluding hydrogens is 308 g/mol. The molecule has 0 atom stereocenters. The second kappa shape index (κ2) is 6.65. The fraction of sp³-hybridized carbons (Fsp3) is 0.444. The van der Waals surface area contributed by atoms with Crippen LogP contribution in [0.25, 0.3) is 10.9 Å². The summed E-state index contributed by atoms with van der Waals surface area (Å²) in [6.45, 7) is 0.514. The van der Waals surface area contributed by atoms with E-state index in [9.17, 15) is 9.59 Å². The lowest BCUT2D eigenvalue weighted by Gasteiger charge is -2.40. The largest absolute Gasteiger partial charge is 0.480 e. The minimum absolute atomic E-state index is 0.0510. The van der Waals surface area contributed by atoms with Gasteiger partial charge < -0.3 is 19.7 Å². The predicted octanol–water partition coefficient (Wildman–Crippen LogP) is 2.87. The van der Waals surface area contributed by atoms with Crippen LogP contribution in [0.1, 0.15) is 25.7 Å². The average molecular weight is 330 g/mol. The Hall–Kier alpha value is -2.34. The Morgan fingerprint density at radius 1 is 1.33 bits per heavy atom. The average Bonchev–Trinajstić information content (AvgIpc) is 2.88. The van der Waals surface area contributed by atoms with E-state index in [0.29, 0.717) is 6.61 Å². The first-order valence-corrected chi connectivity index (χ1v) is 8.15. The fourth-order valence-electron chi connectivity index (χ4n) is 3.32. The van der Waals surface area contributed by atoms with Crippen LogP contribution in [0.15, 0.2) is 30.5 Å². The molecular formula is C18H22N2O4. The molecule has 0 radical (unpaired) electrons. The molecule has 1 saturated carbocycles. The Morgan fingerprint density at radius 3 is 2.75 bits per heavy atom. The van der Waals surface area contributed by atoms with Gasteiger partial charge in [0.2, 0.25) is 5.91 Å². The third-order valence-electron chi connectivity index (χ3n) is 4.91. The van der Waals surface area contributed by atoms with Crippen molar-refractivity contribution in [1.82, 2.24) is 4.57 Å². The van der Waals surface area contributed by atoms with Crippen molar-refractivity contribution in [2.45, 2.75) is 32.2 Å². The molecule has 0 saturated heterocycles. The SMILES string of the molecule is COCCC1(C(=O)Nc2ccc3c(ccn3CC(=O)O)c2)CCC1. The lowest BCUT2D eigenvalue weighted by molar-refractivity contribution is -0.137. The van der Waals surface area contributed by atoms with Gasteiger partial charge in [-0.3, -0.25) is 9.59 Å². The summed E-state index contributed by atoms with van der Waals surface area (Å²) in [5.74, 6) is -0.829. The molecule has 1 aliphatic carbocycles. The Morgan fingerprint density at radius 2 is 2.12 bits per heavy atom. The maximum Gasteiger partial charge on any atom is 0.323 e. The lowest BCUT2D eigenvalue weighted by Crippen LogP contribution is -2.42. The van der Waals surface area contributed by atoms with E-state index in [0.717, 1.165) is 42.3 Å². The third-order valence-corrected chi connectivity index (χ3v) is 4.91. The van der Waals surface area contributed by atoms with Gasteiger partial charge in [0.15, 0.2) is 0 Å². The van der Waals surface area contributed by atoms with Gasteiger partial charge in [0.1, 0.15) is 6.54 Å². The zero-order valence-electron chi connectivity index (χ0n) is 13.7. The first kappa shape index (κ1) is 16.5. The number of aliphatic carboxylic acids is 1. The summed E-state index contributed by atoms with van der Waals surface area (Å²) in [7, 11) is 1.65. The zero-order valence-corrected chi connectivity index (χ0v) is 13.7. The van der Waals surface area contributed by atoms with Gasteiger partial charge in [-0.25, -0.2) is 0 Å². The number of amides is 1. The molecule has 6 heteroatoms.